The first-order valence-corrected chi connectivity index (χ1v) is 10.5. The number of nitrogens with zero attached hydrogens (tertiary/aromatic N) is 2. The van der Waals surface area contributed by atoms with Crippen molar-refractivity contribution in [2.24, 2.45) is 11.8 Å². The van der Waals surface area contributed by atoms with Crippen LogP contribution in [-0.2, 0) is 9.53 Å². The number of thiazole rings is 1. The third-order valence-electron chi connectivity index (χ3n) is 4.56. The molecule has 8 heteroatoms. The van der Waals surface area contributed by atoms with Crippen molar-refractivity contribution in [3.8, 4) is 11.1 Å². The molecule has 1 aliphatic rings. The molecule has 2 heterocycles. The maximum atomic E-state index is 12.9. The van der Waals surface area contributed by atoms with E-state index in [0.717, 1.165) is 18.4 Å². The molecule has 3 rings (SSSR count). The van der Waals surface area contributed by atoms with Crippen molar-refractivity contribution >= 4 is 27.5 Å². The van der Waals surface area contributed by atoms with E-state index in [1.165, 1.54) is 18.3 Å². The van der Waals surface area contributed by atoms with Crippen LogP contribution in [0.1, 0.15) is 40.0 Å². The molecular weight excluding hydrogens is 383 g/mol. The van der Waals surface area contributed by atoms with Crippen LogP contribution in [-0.4, -0.2) is 47.8 Å². The Labute approximate surface area is 168 Å². The van der Waals surface area contributed by atoms with Gasteiger partial charge >= 0.3 is 0 Å². The van der Waals surface area contributed by atoms with E-state index >= 15 is 0 Å². The van der Waals surface area contributed by atoms with Gasteiger partial charge in [-0.3, -0.25) is 0 Å². The van der Waals surface area contributed by atoms with Crippen molar-refractivity contribution in [3.05, 3.63) is 12.1 Å². The first kappa shape index (κ1) is 20.9. The lowest BCUT2D eigenvalue weighted by Crippen LogP contribution is -2.36. The fraction of sp³-hybridized carbons (Fsp3) is 0.650. The van der Waals surface area contributed by atoms with E-state index < -0.39 is 6.17 Å². The Bertz CT molecular complexity index is 792. The summed E-state index contributed by atoms with van der Waals surface area (Å²) in [4.78, 5) is 20.6. The third-order valence-corrected chi connectivity index (χ3v) is 5.44. The van der Waals surface area contributed by atoms with Gasteiger partial charge in [-0.25, -0.2) is 14.4 Å². The maximum absolute atomic E-state index is 12.9. The highest BCUT2D eigenvalue weighted by Crippen LogP contribution is 2.32. The van der Waals surface area contributed by atoms with Crippen LogP contribution in [0.25, 0.3) is 10.3 Å². The molecule has 1 fully saturated rings. The first-order chi connectivity index (χ1) is 13.4. The van der Waals surface area contributed by atoms with Gasteiger partial charge in [0.05, 0.1) is 12.7 Å². The maximum Gasteiger partial charge on any atom is 0.275 e. The molecule has 28 heavy (non-hydrogen) atoms. The van der Waals surface area contributed by atoms with Crippen molar-refractivity contribution in [1.29, 1.82) is 0 Å². The predicted octanol–water partition coefficient (Wildman–Crippen LogP) is 4.22. The Morgan fingerprint density at radius 2 is 2.04 bits per heavy atom. The number of carbonyl (C=O) groups excluding carboxylic acids is 1. The number of hydrogen-bond donors (Lipinski definition) is 0. The van der Waals surface area contributed by atoms with Crippen molar-refractivity contribution in [3.63, 3.8) is 0 Å². The number of aromatic nitrogens is 2. The van der Waals surface area contributed by atoms with Gasteiger partial charge in [-0.2, -0.15) is 0 Å². The Morgan fingerprint density at radius 1 is 1.25 bits per heavy atom. The molecule has 1 saturated carbocycles. The number of fused-ring (bicyclic) bond motifs is 1. The zero-order chi connectivity index (χ0) is 20.1. The second-order valence-corrected chi connectivity index (χ2v) is 8.60. The number of alkyl halides is 1. The summed E-state index contributed by atoms with van der Waals surface area (Å²) in [5.74, 6) is 1.49. The molecular formula is C20H27FN2O4S. The van der Waals surface area contributed by atoms with Crippen LogP contribution in [0.4, 0.5) is 4.39 Å². The summed E-state index contributed by atoms with van der Waals surface area (Å²) in [5, 5.41) is 0.419. The quantitative estimate of drug-likeness (QED) is 0.552. The molecule has 2 atom stereocenters. The molecule has 1 aliphatic carbocycles. The van der Waals surface area contributed by atoms with Gasteiger partial charge in [-0.05, 0) is 44.6 Å². The molecule has 6 nitrogen and oxygen atoms in total. The molecule has 2 aromatic heterocycles. The topological polar surface area (TPSA) is 70.5 Å². The number of pyridine rings is 1. The van der Waals surface area contributed by atoms with E-state index in [-0.39, 0.29) is 24.4 Å². The molecule has 0 radical (unpaired) electrons. The van der Waals surface area contributed by atoms with Gasteiger partial charge in [-0.15, -0.1) is 0 Å². The third kappa shape index (κ3) is 6.10. The lowest BCUT2D eigenvalue weighted by Gasteiger charge is -2.35. The SMILES string of the molecule is CC(=O)C[C@@H](C)COC1CC(COc2ccc3nc(OC[C@@H](C)F)sc3n2)C1. The smallest absolute Gasteiger partial charge is 0.275 e. The molecule has 2 aromatic rings. The monoisotopic (exact) mass is 410 g/mol. The molecule has 0 aromatic carbocycles. The molecule has 0 N–H and O–H groups in total. The number of Topliss-reactive ketones (excluding diaryl/α,β-unsaturated/α-hetero) is 1. The fourth-order valence-corrected chi connectivity index (χ4v) is 3.90. The minimum atomic E-state index is -1.04. The minimum Gasteiger partial charge on any atom is -0.477 e. The summed E-state index contributed by atoms with van der Waals surface area (Å²) in [7, 11) is 0. The molecule has 154 valence electrons. The molecule has 0 bridgehead atoms. The van der Waals surface area contributed by atoms with Gasteiger partial charge in [0, 0.05) is 19.1 Å². The average Bonchev–Trinajstić information content (AvgIpc) is 2.99. The van der Waals surface area contributed by atoms with E-state index in [1.807, 2.05) is 13.0 Å². The number of ketones is 1. The number of halogens is 1. The van der Waals surface area contributed by atoms with Gasteiger partial charge in [0.15, 0.2) is 4.83 Å². The highest BCUT2D eigenvalue weighted by atomic mass is 32.1. The summed E-state index contributed by atoms with van der Waals surface area (Å²) < 4.78 is 29.9. The van der Waals surface area contributed by atoms with E-state index in [4.69, 9.17) is 14.2 Å². The highest BCUT2D eigenvalue weighted by Gasteiger charge is 2.30. The van der Waals surface area contributed by atoms with Crippen LogP contribution in [0.2, 0.25) is 0 Å². The van der Waals surface area contributed by atoms with Gasteiger partial charge in [0.2, 0.25) is 5.88 Å². The second-order valence-electron chi connectivity index (χ2n) is 7.66. The molecule has 0 aliphatic heterocycles. The van der Waals surface area contributed by atoms with Crippen LogP contribution < -0.4 is 9.47 Å². The number of ether oxygens (including phenoxy) is 3. The van der Waals surface area contributed by atoms with Crippen LogP contribution in [0.3, 0.4) is 0 Å². The van der Waals surface area contributed by atoms with Gasteiger partial charge in [0.1, 0.15) is 24.1 Å². The average molecular weight is 411 g/mol. The normalized spacial score (nSPS) is 21.1. The van der Waals surface area contributed by atoms with Crippen molar-refractivity contribution < 1.29 is 23.4 Å². The summed E-state index contributed by atoms with van der Waals surface area (Å²) in [6, 6.07) is 3.63. The lowest BCUT2D eigenvalue weighted by atomic mass is 9.83. The predicted molar refractivity (Wildman–Crippen MR) is 106 cm³/mol. The summed E-state index contributed by atoms with van der Waals surface area (Å²) in [6.45, 7) is 6.32. The van der Waals surface area contributed by atoms with Crippen LogP contribution in [0.5, 0.6) is 11.1 Å². The molecule has 0 saturated heterocycles. The molecule has 0 unspecified atom stereocenters. The summed E-state index contributed by atoms with van der Waals surface area (Å²) >= 11 is 1.29. The second kappa shape index (κ2) is 9.60. The Balaban J connectivity index is 1.39. The summed E-state index contributed by atoms with van der Waals surface area (Å²) in [5.41, 5.74) is 0.718. The Hall–Kier alpha value is -1.80. The first-order valence-electron chi connectivity index (χ1n) is 9.67. The van der Waals surface area contributed by atoms with Crippen molar-refractivity contribution in [1.82, 2.24) is 9.97 Å². The largest absolute Gasteiger partial charge is 0.477 e. The van der Waals surface area contributed by atoms with Gasteiger partial charge < -0.3 is 19.0 Å². The number of hydrogen-bond acceptors (Lipinski definition) is 7. The number of rotatable bonds is 11. The van der Waals surface area contributed by atoms with Crippen LogP contribution in [0, 0.1) is 11.8 Å². The highest BCUT2D eigenvalue weighted by molar-refractivity contribution is 7.19. The lowest BCUT2D eigenvalue weighted by molar-refractivity contribution is -0.119. The van der Waals surface area contributed by atoms with Crippen molar-refractivity contribution in [2.45, 2.75) is 52.3 Å². The van der Waals surface area contributed by atoms with Crippen molar-refractivity contribution in [2.75, 3.05) is 19.8 Å². The van der Waals surface area contributed by atoms with E-state index in [0.29, 0.717) is 41.5 Å². The van der Waals surface area contributed by atoms with Gasteiger partial charge in [-0.1, -0.05) is 18.3 Å². The van der Waals surface area contributed by atoms with Crippen LogP contribution >= 0.6 is 11.3 Å². The van der Waals surface area contributed by atoms with E-state index in [2.05, 4.69) is 9.97 Å². The summed E-state index contributed by atoms with van der Waals surface area (Å²) in [6.07, 6.45) is 1.73. The van der Waals surface area contributed by atoms with Crippen LogP contribution in [0.15, 0.2) is 12.1 Å². The standard InChI is InChI=1S/C20H27FN2O4S/c1-12(6-14(3)24)9-25-16-7-15(8-16)11-26-18-5-4-17-19(23-18)28-20(22-17)27-10-13(2)21/h4-5,12-13,15-16H,6-11H2,1-3H3/t12-,13-,15?,16?/m1/s1. The van der Waals surface area contributed by atoms with E-state index in [1.54, 1.807) is 13.0 Å². The van der Waals surface area contributed by atoms with Gasteiger partial charge in [0.25, 0.3) is 5.19 Å². The van der Waals surface area contributed by atoms with E-state index in [9.17, 15) is 9.18 Å². The Morgan fingerprint density at radius 3 is 2.75 bits per heavy atom. The molecule has 0 spiro atoms. The number of carbonyl (C=O) groups is 1. The zero-order valence-corrected chi connectivity index (χ0v) is 17.3. The fourth-order valence-electron chi connectivity index (χ4n) is 3.11. The minimum absolute atomic E-state index is 0.0123. The Kier molecular flexibility index (Phi) is 7.18. The zero-order valence-electron chi connectivity index (χ0n) is 16.5. The molecule has 0 amide bonds.